The van der Waals surface area contributed by atoms with E-state index in [1.165, 1.54) is 0 Å². The van der Waals surface area contributed by atoms with Crippen LogP contribution in [0.15, 0.2) is 10.2 Å². The molecule has 0 aliphatic carbocycles. The lowest BCUT2D eigenvalue weighted by Crippen LogP contribution is -2.48. The molecule has 0 aromatic heterocycles. The predicted molar refractivity (Wildman–Crippen MR) is 97.9 cm³/mol. The minimum Gasteiger partial charge on any atom is -0.500 e. The molecule has 2 amide bonds. The van der Waals surface area contributed by atoms with Crippen LogP contribution in [0.25, 0.3) is 0 Å². The van der Waals surface area contributed by atoms with Crippen LogP contribution in [0.2, 0.25) is 16.6 Å². The topological polar surface area (TPSA) is 77.3 Å². The van der Waals surface area contributed by atoms with Crippen LogP contribution in [0.5, 0.6) is 0 Å². The molecule has 0 saturated carbocycles. The summed E-state index contributed by atoms with van der Waals surface area (Å²) < 4.78 is 10.7. The van der Waals surface area contributed by atoms with Gasteiger partial charge in [-0.3, -0.25) is 0 Å². The predicted octanol–water partition coefficient (Wildman–Crippen LogP) is 6.47. The van der Waals surface area contributed by atoms with Crippen molar-refractivity contribution in [1.82, 2.24) is 0 Å². The summed E-state index contributed by atoms with van der Waals surface area (Å²) in [6.45, 7) is 14.8. The lowest BCUT2D eigenvalue weighted by molar-refractivity contribution is 0.151. The van der Waals surface area contributed by atoms with E-state index in [0.717, 1.165) is 25.7 Å². The van der Waals surface area contributed by atoms with Crippen LogP contribution in [0, 0.1) is 0 Å². The second kappa shape index (κ2) is 11.3. The molecule has 0 aromatic rings. The molecule has 0 rings (SSSR count). The Morgan fingerprint density at radius 3 is 1.79 bits per heavy atom. The Morgan fingerprint density at radius 1 is 0.833 bits per heavy atom. The van der Waals surface area contributed by atoms with E-state index in [4.69, 9.17) is 9.16 Å². The molecule has 0 atom stereocenters. The van der Waals surface area contributed by atoms with Gasteiger partial charge in [0.2, 0.25) is 0 Å². The largest absolute Gasteiger partial charge is 0.500 e. The second-order valence-corrected chi connectivity index (χ2v) is 12.4. The molecule has 0 radical (unpaired) electrons. The number of carbonyl (C=O) groups is 2. The number of hydrogen-bond acceptors (Lipinski definition) is 4. The zero-order valence-electron chi connectivity index (χ0n) is 16.3. The molecular weight excluding hydrogens is 324 g/mol. The maximum absolute atomic E-state index is 12.0. The number of azo groups is 1. The Bertz CT molecular complexity index is 401. The first kappa shape index (κ1) is 22.8. The van der Waals surface area contributed by atoms with Gasteiger partial charge in [0.15, 0.2) is 0 Å². The molecule has 0 bridgehead atoms. The van der Waals surface area contributed by atoms with Crippen molar-refractivity contribution in [3.63, 3.8) is 0 Å². The molecule has 7 heteroatoms. The highest BCUT2D eigenvalue weighted by molar-refractivity contribution is 6.78. The van der Waals surface area contributed by atoms with Gasteiger partial charge in [-0.25, -0.2) is 9.59 Å². The highest BCUT2D eigenvalue weighted by atomic mass is 28.4. The van der Waals surface area contributed by atoms with Crippen LogP contribution in [0.1, 0.15) is 74.1 Å². The van der Waals surface area contributed by atoms with E-state index in [1.807, 2.05) is 0 Å². The van der Waals surface area contributed by atoms with Gasteiger partial charge in [-0.05, 0) is 23.0 Å². The molecule has 0 aliphatic rings. The summed E-state index contributed by atoms with van der Waals surface area (Å²) >= 11 is 0. The first-order valence-corrected chi connectivity index (χ1v) is 11.1. The minimum atomic E-state index is -2.36. The van der Waals surface area contributed by atoms with E-state index in [2.05, 4.69) is 58.7 Å². The summed E-state index contributed by atoms with van der Waals surface area (Å²) in [4.78, 5) is 23.5. The molecular formula is C17H34N2O4Si. The number of hydrogen-bond donors (Lipinski definition) is 0. The maximum Gasteiger partial charge on any atom is 0.452 e. The molecule has 0 aromatic carbocycles. The molecule has 0 saturated heterocycles. The molecule has 0 aliphatic heterocycles. The van der Waals surface area contributed by atoms with Crippen molar-refractivity contribution < 1.29 is 18.8 Å². The molecule has 6 nitrogen and oxygen atoms in total. The second-order valence-electron chi connectivity index (χ2n) is 7.06. The summed E-state index contributed by atoms with van der Waals surface area (Å²) in [6, 6.07) is 0. The van der Waals surface area contributed by atoms with Gasteiger partial charge in [0.25, 0.3) is 8.32 Å². The van der Waals surface area contributed by atoms with E-state index in [0.29, 0.717) is 6.61 Å². The monoisotopic (exact) mass is 358 g/mol. The highest BCUT2D eigenvalue weighted by Crippen LogP contribution is 2.42. The van der Waals surface area contributed by atoms with Crippen molar-refractivity contribution in [2.45, 2.75) is 90.8 Å². The third-order valence-corrected chi connectivity index (χ3v) is 10.4. The van der Waals surface area contributed by atoms with Gasteiger partial charge in [-0.2, -0.15) is 0 Å². The van der Waals surface area contributed by atoms with Gasteiger partial charge in [-0.1, -0.05) is 78.0 Å². The van der Waals surface area contributed by atoms with Gasteiger partial charge in [0, 0.05) is 0 Å². The van der Waals surface area contributed by atoms with E-state index >= 15 is 0 Å². The average molecular weight is 359 g/mol. The van der Waals surface area contributed by atoms with Crippen LogP contribution < -0.4 is 0 Å². The van der Waals surface area contributed by atoms with Crippen molar-refractivity contribution in [1.29, 1.82) is 0 Å². The molecule has 24 heavy (non-hydrogen) atoms. The number of nitrogens with zero attached hydrogens (tertiary/aromatic N) is 2. The molecule has 0 heterocycles. The summed E-state index contributed by atoms with van der Waals surface area (Å²) in [7, 11) is -2.36. The van der Waals surface area contributed by atoms with Crippen molar-refractivity contribution in [2.24, 2.45) is 10.2 Å². The minimum absolute atomic E-state index is 0.252. The van der Waals surface area contributed by atoms with Crippen LogP contribution in [-0.2, 0) is 9.16 Å². The van der Waals surface area contributed by atoms with Crippen molar-refractivity contribution in [3.05, 3.63) is 0 Å². The average Bonchev–Trinajstić information content (AvgIpc) is 2.49. The Morgan fingerprint density at radius 2 is 1.33 bits per heavy atom. The third kappa shape index (κ3) is 7.11. The fourth-order valence-electron chi connectivity index (χ4n) is 3.32. The van der Waals surface area contributed by atoms with Gasteiger partial charge in [0.05, 0.1) is 6.61 Å². The summed E-state index contributed by atoms with van der Waals surface area (Å²) in [5.74, 6) is 0. The van der Waals surface area contributed by atoms with Crippen molar-refractivity contribution in [2.75, 3.05) is 6.61 Å². The summed E-state index contributed by atoms with van der Waals surface area (Å²) in [5.41, 5.74) is 0.756. The molecule has 0 spiro atoms. The van der Waals surface area contributed by atoms with E-state index in [1.54, 1.807) is 0 Å². The zero-order valence-corrected chi connectivity index (χ0v) is 17.3. The number of ether oxygens (including phenoxy) is 1. The molecule has 0 fully saturated rings. The van der Waals surface area contributed by atoms with Gasteiger partial charge < -0.3 is 9.16 Å². The first-order valence-electron chi connectivity index (χ1n) is 8.99. The Balaban J connectivity index is 4.60. The normalized spacial score (nSPS) is 12.4. The van der Waals surface area contributed by atoms with E-state index in [-0.39, 0.29) is 16.6 Å². The van der Waals surface area contributed by atoms with Gasteiger partial charge in [0.1, 0.15) is 0 Å². The first-order chi connectivity index (χ1) is 11.2. The van der Waals surface area contributed by atoms with Crippen LogP contribution in [0.3, 0.4) is 0 Å². The quantitative estimate of drug-likeness (QED) is 0.269. The standard InChI is InChI=1S/C17H34N2O4Si/c1-8-9-10-11-12-22-16(20)18-19-17(21)23-24(13(2)3,14(4)5)15(6)7/h13-15H,8-12H2,1-7H3. The Labute approximate surface area is 147 Å². The number of amides is 2. The summed E-state index contributed by atoms with van der Waals surface area (Å²) in [6.07, 6.45) is 2.40. The van der Waals surface area contributed by atoms with Crippen molar-refractivity contribution >= 4 is 20.5 Å². The number of unbranched alkanes of at least 4 members (excludes halogenated alkanes) is 3. The van der Waals surface area contributed by atoms with Gasteiger partial charge in [-0.15, -0.1) is 0 Å². The van der Waals surface area contributed by atoms with E-state index in [9.17, 15) is 9.59 Å². The van der Waals surface area contributed by atoms with Crippen LogP contribution in [0.4, 0.5) is 9.59 Å². The number of carbonyl (C=O) groups excluding carboxylic acids is 2. The Hall–Kier alpha value is -1.24. The SMILES string of the molecule is CCCCCCOC(=O)N=NC(=O)O[Si](C(C)C)(C(C)C)C(C)C. The van der Waals surface area contributed by atoms with Gasteiger partial charge >= 0.3 is 12.2 Å². The fraction of sp³-hybridized carbons (Fsp3) is 0.882. The lowest BCUT2D eigenvalue weighted by atomic mass is 10.2. The van der Waals surface area contributed by atoms with Crippen molar-refractivity contribution in [3.8, 4) is 0 Å². The lowest BCUT2D eigenvalue weighted by Gasteiger charge is -2.40. The maximum atomic E-state index is 12.0. The highest BCUT2D eigenvalue weighted by Gasteiger charge is 2.48. The summed E-state index contributed by atoms with van der Waals surface area (Å²) in [5, 5.41) is 6.71. The van der Waals surface area contributed by atoms with E-state index < -0.39 is 20.5 Å². The Kier molecular flexibility index (Phi) is 10.7. The zero-order chi connectivity index (χ0) is 18.8. The fourth-order valence-corrected chi connectivity index (χ4v) is 8.37. The van der Waals surface area contributed by atoms with Crippen LogP contribution >= 0.6 is 0 Å². The third-order valence-electron chi connectivity index (χ3n) is 4.41. The molecule has 0 N–H and O–H groups in total. The van der Waals surface area contributed by atoms with Crippen LogP contribution in [-0.4, -0.2) is 27.1 Å². The number of rotatable bonds is 9. The smallest absolute Gasteiger partial charge is 0.452 e. The molecule has 0 unspecified atom stereocenters. The molecule has 140 valence electrons.